The van der Waals surface area contributed by atoms with Crippen LogP contribution in [-0.2, 0) is 17.8 Å². The number of nitro groups is 1. The van der Waals surface area contributed by atoms with Gasteiger partial charge in [0, 0.05) is 53.8 Å². The second kappa shape index (κ2) is 7.15. The number of aldehydes is 1. The number of nitrogens with zero attached hydrogens (tertiary/aromatic N) is 2. The lowest BCUT2D eigenvalue weighted by Gasteiger charge is -2.27. The first-order valence-electron chi connectivity index (χ1n) is 8.79. The zero-order chi connectivity index (χ0) is 19.7. The van der Waals surface area contributed by atoms with Crippen molar-refractivity contribution >= 4 is 28.8 Å². The summed E-state index contributed by atoms with van der Waals surface area (Å²) in [4.78, 5) is 39.1. The lowest BCUT2D eigenvalue weighted by molar-refractivity contribution is -0.384. The molecule has 0 aliphatic carbocycles. The first kappa shape index (κ1) is 17.7. The van der Waals surface area contributed by atoms with Crippen LogP contribution in [0, 0.1) is 10.1 Å². The second-order valence-corrected chi connectivity index (χ2v) is 6.58. The molecule has 0 fully saturated rings. The number of fused-ring (bicyclic) bond motifs is 3. The average Bonchev–Trinajstić information content (AvgIpc) is 3.09. The van der Waals surface area contributed by atoms with Crippen molar-refractivity contribution in [3.05, 3.63) is 69.4 Å². The van der Waals surface area contributed by atoms with Gasteiger partial charge in [-0.1, -0.05) is 18.2 Å². The number of amides is 1. The lowest BCUT2D eigenvalue weighted by Crippen LogP contribution is -2.38. The summed E-state index contributed by atoms with van der Waals surface area (Å²) in [5, 5.41) is 11.9. The number of rotatable bonds is 5. The number of non-ortho nitro benzene ring substituents is 1. The molecule has 1 aliphatic rings. The van der Waals surface area contributed by atoms with Gasteiger partial charge >= 0.3 is 0 Å². The molecule has 0 saturated heterocycles. The van der Waals surface area contributed by atoms with Gasteiger partial charge in [-0.2, -0.15) is 0 Å². The Labute approximate surface area is 159 Å². The third-order valence-corrected chi connectivity index (χ3v) is 4.92. The van der Waals surface area contributed by atoms with Crippen LogP contribution in [0.5, 0.6) is 5.75 Å². The van der Waals surface area contributed by atoms with E-state index in [1.807, 2.05) is 24.3 Å². The van der Waals surface area contributed by atoms with Crippen LogP contribution in [0.4, 0.5) is 5.69 Å². The summed E-state index contributed by atoms with van der Waals surface area (Å²) in [5.74, 6) is -0.0510. The molecular formula is C20H17N3O5. The highest BCUT2D eigenvalue weighted by molar-refractivity contribution is 5.86. The molecule has 8 heteroatoms. The maximum absolute atomic E-state index is 12.6. The van der Waals surface area contributed by atoms with Crippen molar-refractivity contribution in [2.24, 2.45) is 0 Å². The Morgan fingerprint density at radius 3 is 2.89 bits per heavy atom. The van der Waals surface area contributed by atoms with E-state index >= 15 is 0 Å². The molecule has 1 amide bonds. The Balaban J connectivity index is 1.46. The number of ether oxygens (including phenoxy) is 1. The number of benzene rings is 2. The Morgan fingerprint density at radius 2 is 2.11 bits per heavy atom. The first-order chi connectivity index (χ1) is 13.6. The summed E-state index contributed by atoms with van der Waals surface area (Å²) in [7, 11) is 0. The van der Waals surface area contributed by atoms with Crippen LogP contribution in [0.3, 0.4) is 0 Å². The van der Waals surface area contributed by atoms with Gasteiger partial charge in [0.2, 0.25) is 0 Å². The number of hydrogen-bond acceptors (Lipinski definition) is 5. The molecule has 0 spiro atoms. The lowest BCUT2D eigenvalue weighted by atomic mass is 10.0. The number of carbonyl (C=O) groups excluding carboxylic acids is 2. The van der Waals surface area contributed by atoms with Gasteiger partial charge in [-0.25, -0.2) is 0 Å². The van der Waals surface area contributed by atoms with Crippen molar-refractivity contribution in [1.29, 1.82) is 0 Å². The second-order valence-electron chi connectivity index (χ2n) is 6.58. The van der Waals surface area contributed by atoms with Gasteiger partial charge in [0.25, 0.3) is 11.6 Å². The van der Waals surface area contributed by atoms with Gasteiger partial charge in [0.1, 0.15) is 5.75 Å². The van der Waals surface area contributed by atoms with Crippen LogP contribution >= 0.6 is 0 Å². The Hall–Kier alpha value is -3.68. The quantitative estimate of drug-likeness (QED) is 0.417. The van der Waals surface area contributed by atoms with E-state index in [2.05, 4.69) is 4.98 Å². The summed E-state index contributed by atoms with van der Waals surface area (Å²) < 4.78 is 5.48. The maximum Gasteiger partial charge on any atom is 0.270 e. The van der Waals surface area contributed by atoms with E-state index in [1.165, 1.54) is 12.1 Å². The van der Waals surface area contributed by atoms with Crippen LogP contribution < -0.4 is 4.74 Å². The molecule has 2 aromatic carbocycles. The number of carbonyl (C=O) groups is 2. The molecule has 28 heavy (non-hydrogen) atoms. The van der Waals surface area contributed by atoms with Crippen LogP contribution in [0.15, 0.2) is 42.5 Å². The number of aromatic amines is 1. The molecular weight excluding hydrogens is 362 g/mol. The monoisotopic (exact) mass is 379 g/mol. The van der Waals surface area contributed by atoms with Gasteiger partial charge in [0.05, 0.1) is 10.5 Å². The predicted octanol–water partition coefficient (Wildman–Crippen LogP) is 2.85. The van der Waals surface area contributed by atoms with Crippen LogP contribution in [0.2, 0.25) is 0 Å². The van der Waals surface area contributed by atoms with E-state index in [0.29, 0.717) is 19.4 Å². The van der Waals surface area contributed by atoms with Crippen LogP contribution in [0.25, 0.3) is 10.9 Å². The highest BCUT2D eigenvalue weighted by Gasteiger charge is 2.24. The normalized spacial score (nSPS) is 13.2. The summed E-state index contributed by atoms with van der Waals surface area (Å²) in [6.45, 7) is 0.821. The van der Waals surface area contributed by atoms with Gasteiger partial charge in [0.15, 0.2) is 12.9 Å². The summed E-state index contributed by atoms with van der Waals surface area (Å²) in [5.41, 5.74) is 3.15. The molecule has 0 bridgehead atoms. The number of aromatic nitrogens is 1. The van der Waals surface area contributed by atoms with Crippen molar-refractivity contribution < 1.29 is 19.2 Å². The Kier molecular flexibility index (Phi) is 4.52. The number of nitro benzene ring substituents is 1. The van der Waals surface area contributed by atoms with Gasteiger partial charge in [-0.15, -0.1) is 0 Å². The van der Waals surface area contributed by atoms with Gasteiger partial charge < -0.3 is 14.6 Å². The van der Waals surface area contributed by atoms with Crippen LogP contribution in [-0.4, -0.2) is 40.2 Å². The zero-order valence-electron chi connectivity index (χ0n) is 14.9. The molecule has 2 heterocycles. The Bertz CT molecular complexity index is 1090. The molecule has 142 valence electrons. The summed E-state index contributed by atoms with van der Waals surface area (Å²) in [6, 6.07) is 11.7. The van der Waals surface area contributed by atoms with Crippen molar-refractivity contribution in [2.75, 3.05) is 13.2 Å². The van der Waals surface area contributed by atoms with Crippen molar-refractivity contribution in [2.45, 2.75) is 13.0 Å². The molecule has 1 aliphatic heterocycles. The minimum Gasteiger partial charge on any atom is -0.483 e. The van der Waals surface area contributed by atoms with E-state index in [0.717, 1.165) is 34.6 Å². The highest BCUT2D eigenvalue weighted by atomic mass is 16.6. The molecule has 0 atom stereocenters. The third kappa shape index (κ3) is 3.20. The standard InChI is InChI=1S/C20H17N3O5/c24-11-13-9-14(23(26)27)5-6-19(13)28-12-20(25)22-8-7-18-16(10-22)15-3-1-2-4-17(15)21-18/h1-6,9,11,21H,7-8,10,12H2. The molecule has 0 unspecified atom stereocenters. The van der Waals surface area contributed by atoms with E-state index < -0.39 is 4.92 Å². The highest BCUT2D eigenvalue weighted by Crippen LogP contribution is 2.28. The van der Waals surface area contributed by atoms with E-state index in [1.54, 1.807) is 4.90 Å². The van der Waals surface area contributed by atoms with E-state index in [4.69, 9.17) is 4.74 Å². The minimum absolute atomic E-state index is 0.0413. The van der Waals surface area contributed by atoms with Crippen molar-refractivity contribution in [3.8, 4) is 5.75 Å². The Morgan fingerprint density at radius 1 is 1.29 bits per heavy atom. The largest absolute Gasteiger partial charge is 0.483 e. The first-order valence-corrected chi connectivity index (χ1v) is 8.79. The SMILES string of the molecule is O=Cc1cc([N+](=O)[O-])ccc1OCC(=O)N1CCc2[nH]c3ccccc3c2C1. The average molecular weight is 379 g/mol. The van der Waals surface area contributed by atoms with E-state index in [9.17, 15) is 19.7 Å². The molecule has 1 N–H and O–H groups in total. The van der Waals surface area contributed by atoms with Crippen LogP contribution in [0.1, 0.15) is 21.6 Å². The summed E-state index contributed by atoms with van der Waals surface area (Å²) in [6.07, 6.45) is 1.21. The van der Waals surface area contributed by atoms with Gasteiger partial charge in [-0.05, 0) is 12.1 Å². The molecule has 0 radical (unpaired) electrons. The fourth-order valence-corrected chi connectivity index (χ4v) is 3.48. The smallest absolute Gasteiger partial charge is 0.270 e. The number of H-pyrrole nitrogens is 1. The maximum atomic E-state index is 12.6. The minimum atomic E-state index is -0.589. The number of nitrogens with one attached hydrogen (secondary N) is 1. The van der Waals surface area contributed by atoms with Crippen molar-refractivity contribution in [3.63, 3.8) is 0 Å². The molecule has 4 rings (SSSR count). The fourth-order valence-electron chi connectivity index (χ4n) is 3.48. The third-order valence-electron chi connectivity index (χ3n) is 4.92. The summed E-state index contributed by atoms with van der Waals surface area (Å²) >= 11 is 0. The topological polar surface area (TPSA) is 106 Å². The molecule has 8 nitrogen and oxygen atoms in total. The molecule has 3 aromatic rings. The number of hydrogen-bond donors (Lipinski definition) is 1. The van der Waals surface area contributed by atoms with E-state index in [-0.39, 0.29) is 29.5 Å². The zero-order valence-corrected chi connectivity index (χ0v) is 14.9. The van der Waals surface area contributed by atoms with Crippen molar-refractivity contribution in [1.82, 2.24) is 9.88 Å². The molecule has 1 aromatic heterocycles. The van der Waals surface area contributed by atoms with Gasteiger partial charge in [-0.3, -0.25) is 19.7 Å². The predicted molar refractivity (Wildman–Crippen MR) is 101 cm³/mol. The number of para-hydroxylation sites is 1. The fraction of sp³-hybridized carbons (Fsp3) is 0.200. The molecule has 0 saturated carbocycles.